The van der Waals surface area contributed by atoms with Crippen molar-refractivity contribution in [3.05, 3.63) is 24.5 Å². The van der Waals surface area contributed by atoms with Crippen LogP contribution in [0.1, 0.15) is 12.8 Å². The summed E-state index contributed by atoms with van der Waals surface area (Å²) in [6, 6.07) is 3.78. The largest absolute Gasteiger partial charge is 0.373 e. The van der Waals surface area contributed by atoms with E-state index in [1.54, 1.807) is 12.4 Å². The number of amides is 1. The number of pyridine rings is 2. The molecule has 1 amide bonds. The molecule has 92 valence electrons. The van der Waals surface area contributed by atoms with Crippen molar-refractivity contribution in [2.24, 2.45) is 5.92 Å². The van der Waals surface area contributed by atoms with Crippen molar-refractivity contribution in [3.8, 4) is 0 Å². The fraction of sp³-hybridized carbons (Fsp3) is 0.308. The molecule has 0 bridgehead atoms. The molecule has 0 saturated heterocycles. The van der Waals surface area contributed by atoms with Gasteiger partial charge in [-0.2, -0.15) is 0 Å². The van der Waals surface area contributed by atoms with Gasteiger partial charge in [-0.3, -0.25) is 4.79 Å². The molecular formula is C13H14N4O. The van der Waals surface area contributed by atoms with E-state index in [1.807, 2.05) is 19.2 Å². The molecular weight excluding hydrogens is 228 g/mol. The van der Waals surface area contributed by atoms with Crippen LogP contribution >= 0.6 is 0 Å². The van der Waals surface area contributed by atoms with Gasteiger partial charge in [0.05, 0.1) is 0 Å². The molecule has 1 aliphatic carbocycles. The number of rotatable bonds is 3. The lowest BCUT2D eigenvalue weighted by molar-refractivity contribution is -0.117. The van der Waals surface area contributed by atoms with Gasteiger partial charge in [-0.15, -0.1) is 0 Å². The van der Waals surface area contributed by atoms with Gasteiger partial charge in [-0.1, -0.05) is 0 Å². The van der Waals surface area contributed by atoms with Crippen LogP contribution in [0.3, 0.4) is 0 Å². The molecule has 5 heteroatoms. The van der Waals surface area contributed by atoms with E-state index in [2.05, 4.69) is 20.6 Å². The third-order valence-corrected chi connectivity index (χ3v) is 3.09. The van der Waals surface area contributed by atoms with Crippen molar-refractivity contribution in [1.82, 2.24) is 9.97 Å². The summed E-state index contributed by atoms with van der Waals surface area (Å²) in [4.78, 5) is 20.1. The summed E-state index contributed by atoms with van der Waals surface area (Å²) in [5.41, 5.74) is 0. The van der Waals surface area contributed by atoms with Crippen molar-refractivity contribution in [2.75, 3.05) is 17.7 Å². The highest BCUT2D eigenvalue weighted by Crippen LogP contribution is 2.30. The number of aromatic nitrogens is 2. The number of hydrogen-bond acceptors (Lipinski definition) is 4. The molecule has 18 heavy (non-hydrogen) atoms. The minimum atomic E-state index is 0.0738. The first kappa shape index (κ1) is 11.0. The van der Waals surface area contributed by atoms with Crippen molar-refractivity contribution in [3.63, 3.8) is 0 Å². The highest BCUT2D eigenvalue weighted by atomic mass is 16.2. The van der Waals surface area contributed by atoms with Crippen LogP contribution in [0, 0.1) is 5.92 Å². The molecule has 3 rings (SSSR count). The second-order valence-corrected chi connectivity index (χ2v) is 4.46. The van der Waals surface area contributed by atoms with Crippen LogP contribution in [-0.2, 0) is 4.79 Å². The number of hydrogen-bond donors (Lipinski definition) is 2. The molecule has 0 radical (unpaired) electrons. The van der Waals surface area contributed by atoms with Crippen LogP contribution in [0.5, 0.6) is 0 Å². The Labute approximate surface area is 105 Å². The van der Waals surface area contributed by atoms with Crippen LogP contribution in [0.2, 0.25) is 0 Å². The second-order valence-electron chi connectivity index (χ2n) is 4.46. The first-order chi connectivity index (χ1) is 8.78. The third-order valence-electron chi connectivity index (χ3n) is 3.09. The topological polar surface area (TPSA) is 66.9 Å². The van der Waals surface area contributed by atoms with Gasteiger partial charge in [0, 0.05) is 30.7 Å². The van der Waals surface area contributed by atoms with Crippen molar-refractivity contribution < 1.29 is 4.79 Å². The first-order valence-corrected chi connectivity index (χ1v) is 6.01. The summed E-state index contributed by atoms with van der Waals surface area (Å²) < 4.78 is 0. The van der Waals surface area contributed by atoms with Gasteiger partial charge in [-0.25, -0.2) is 9.97 Å². The predicted molar refractivity (Wildman–Crippen MR) is 70.4 cm³/mol. The Hall–Kier alpha value is -2.17. The zero-order valence-corrected chi connectivity index (χ0v) is 10.1. The number of nitrogens with one attached hydrogen (secondary N) is 2. The van der Waals surface area contributed by atoms with Crippen LogP contribution in [-0.4, -0.2) is 22.9 Å². The molecule has 0 aliphatic heterocycles. The highest BCUT2D eigenvalue weighted by molar-refractivity contribution is 5.97. The number of fused-ring (bicyclic) bond motifs is 1. The summed E-state index contributed by atoms with van der Waals surface area (Å²) in [5, 5.41) is 7.82. The molecule has 2 heterocycles. The van der Waals surface area contributed by atoms with E-state index >= 15 is 0 Å². The highest BCUT2D eigenvalue weighted by Gasteiger charge is 2.29. The molecule has 2 aromatic heterocycles. The predicted octanol–water partition coefficient (Wildman–Crippen LogP) is 2.02. The summed E-state index contributed by atoms with van der Waals surface area (Å²) >= 11 is 0. The molecule has 1 fully saturated rings. The molecule has 1 aliphatic rings. The molecule has 2 N–H and O–H groups in total. The van der Waals surface area contributed by atoms with E-state index in [9.17, 15) is 4.79 Å². The minimum Gasteiger partial charge on any atom is -0.373 e. The minimum absolute atomic E-state index is 0.0738. The average molecular weight is 242 g/mol. The molecule has 0 spiro atoms. The van der Waals surface area contributed by atoms with Crippen molar-refractivity contribution in [1.29, 1.82) is 0 Å². The normalized spacial score (nSPS) is 14.5. The molecule has 0 unspecified atom stereocenters. The van der Waals surface area contributed by atoms with Crippen molar-refractivity contribution in [2.45, 2.75) is 12.8 Å². The van der Waals surface area contributed by atoms with Gasteiger partial charge in [0.15, 0.2) is 0 Å². The lowest BCUT2D eigenvalue weighted by Crippen LogP contribution is -2.14. The lowest BCUT2D eigenvalue weighted by Gasteiger charge is -2.07. The second kappa shape index (κ2) is 4.25. The van der Waals surface area contributed by atoms with Gasteiger partial charge in [-0.05, 0) is 30.4 Å². The Balaban J connectivity index is 1.93. The summed E-state index contributed by atoms with van der Waals surface area (Å²) in [5.74, 6) is 1.66. The van der Waals surface area contributed by atoms with Crippen LogP contribution in [0.4, 0.5) is 11.6 Å². The van der Waals surface area contributed by atoms with E-state index in [4.69, 9.17) is 0 Å². The fourth-order valence-corrected chi connectivity index (χ4v) is 1.91. The number of carbonyl (C=O) groups is 1. The van der Waals surface area contributed by atoms with Gasteiger partial charge in [0.1, 0.15) is 11.6 Å². The standard InChI is InChI=1S/C13H14N4O/c1-14-12-10-7-16-11(6-9(10)4-5-15-12)17-13(18)8-2-3-8/h4-8H,2-3H2,1H3,(H,14,15)(H,16,17,18). The van der Waals surface area contributed by atoms with Crippen LogP contribution in [0.15, 0.2) is 24.5 Å². The maximum atomic E-state index is 11.7. The van der Waals surface area contributed by atoms with E-state index in [0.29, 0.717) is 5.82 Å². The molecule has 0 atom stereocenters. The SMILES string of the molecule is CNc1nccc2cc(NC(=O)C3CC3)ncc12. The maximum absolute atomic E-state index is 11.7. The summed E-state index contributed by atoms with van der Waals surface area (Å²) in [7, 11) is 1.82. The van der Waals surface area contributed by atoms with Crippen LogP contribution < -0.4 is 10.6 Å². The Morgan fingerprint density at radius 3 is 2.94 bits per heavy atom. The Kier molecular flexibility index (Phi) is 2.59. The molecule has 0 aromatic carbocycles. The van der Waals surface area contributed by atoms with E-state index in [1.165, 1.54) is 0 Å². The van der Waals surface area contributed by atoms with Gasteiger partial charge in [0.2, 0.25) is 5.91 Å². The van der Waals surface area contributed by atoms with Gasteiger partial charge < -0.3 is 10.6 Å². The Morgan fingerprint density at radius 1 is 1.39 bits per heavy atom. The summed E-state index contributed by atoms with van der Waals surface area (Å²) in [6.45, 7) is 0. The zero-order valence-electron chi connectivity index (χ0n) is 10.1. The van der Waals surface area contributed by atoms with Crippen LogP contribution in [0.25, 0.3) is 10.8 Å². The molecule has 1 saturated carbocycles. The molecule has 5 nitrogen and oxygen atoms in total. The quantitative estimate of drug-likeness (QED) is 0.864. The Morgan fingerprint density at radius 2 is 2.22 bits per heavy atom. The third kappa shape index (κ3) is 1.99. The van der Waals surface area contributed by atoms with Gasteiger partial charge >= 0.3 is 0 Å². The maximum Gasteiger partial charge on any atom is 0.228 e. The van der Waals surface area contributed by atoms with E-state index < -0.39 is 0 Å². The van der Waals surface area contributed by atoms with E-state index in [-0.39, 0.29) is 11.8 Å². The number of anilines is 2. The first-order valence-electron chi connectivity index (χ1n) is 6.01. The Bertz CT molecular complexity index is 607. The zero-order chi connectivity index (χ0) is 12.5. The monoisotopic (exact) mass is 242 g/mol. The van der Waals surface area contributed by atoms with Gasteiger partial charge in [0.25, 0.3) is 0 Å². The summed E-state index contributed by atoms with van der Waals surface area (Å²) in [6.07, 6.45) is 5.46. The van der Waals surface area contributed by atoms with Crippen molar-refractivity contribution >= 4 is 28.3 Å². The number of nitrogens with zero attached hydrogens (tertiary/aromatic N) is 2. The lowest BCUT2D eigenvalue weighted by atomic mass is 10.2. The fourth-order valence-electron chi connectivity index (χ4n) is 1.91. The smallest absolute Gasteiger partial charge is 0.228 e. The molecule has 2 aromatic rings. The van der Waals surface area contributed by atoms with E-state index in [0.717, 1.165) is 29.4 Å². The average Bonchev–Trinajstić information content (AvgIpc) is 3.22. The number of carbonyl (C=O) groups excluding carboxylic acids is 1.